The van der Waals surface area contributed by atoms with Crippen LogP contribution < -0.4 is 0 Å². The molecule has 0 spiro atoms. The number of carbonyl (C=O) groups excluding carboxylic acids is 2. The van der Waals surface area contributed by atoms with Gasteiger partial charge in [0, 0.05) is 23.2 Å². The summed E-state index contributed by atoms with van der Waals surface area (Å²) in [6.45, 7) is 2.61. The highest BCUT2D eigenvalue weighted by Crippen LogP contribution is 2.35. The molecule has 0 fully saturated rings. The number of hydrogen-bond donors (Lipinski definition) is 0. The summed E-state index contributed by atoms with van der Waals surface area (Å²) < 4.78 is 6.13. The number of amides is 1. The topological polar surface area (TPSA) is 46.6 Å². The quantitative estimate of drug-likeness (QED) is 0.573. The molecule has 0 radical (unpaired) electrons. The summed E-state index contributed by atoms with van der Waals surface area (Å²) >= 11 is 7.55. The standard InChI is InChI=1S/C20H18ClNO3S/c1-2-22(12-14-8-4-3-5-9-14)17(23)13-25-20(24)19-18(21)15-10-6-7-11-16(15)26-19/h3-11H,2,12-13H2,1H3. The molecule has 3 aromatic rings. The molecule has 0 atom stereocenters. The molecule has 1 heterocycles. The largest absolute Gasteiger partial charge is 0.451 e. The molecule has 6 heteroatoms. The molecular weight excluding hydrogens is 370 g/mol. The van der Waals surface area contributed by atoms with Gasteiger partial charge in [-0.3, -0.25) is 4.79 Å². The van der Waals surface area contributed by atoms with Gasteiger partial charge >= 0.3 is 5.97 Å². The van der Waals surface area contributed by atoms with Crippen LogP contribution in [-0.4, -0.2) is 29.9 Å². The van der Waals surface area contributed by atoms with Gasteiger partial charge in [0.2, 0.25) is 0 Å². The second-order valence-corrected chi connectivity index (χ2v) is 7.14. The smallest absolute Gasteiger partial charge is 0.350 e. The van der Waals surface area contributed by atoms with Crippen LogP contribution in [-0.2, 0) is 16.1 Å². The van der Waals surface area contributed by atoms with Crippen molar-refractivity contribution in [3.8, 4) is 0 Å². The van der Waals surface area contributed by atoms with Crippen LogP contribution >= 0.6 is 22.9 Å². The number of benzene rings is 2. The number of halogens is 1. The molecule has 0 aliphatic rings. The maximum atomic E-state index is 12.4. The van der Waals surface area contributed by atoms with Gasteiger partial charge in [-0.1, -0.05) is 60.1 Å². The van der Waals surface area contributed by atoms with E-state index in [0.717, 1.165) is 15.6 Å². The van der Waals surface area contributed by atoms with E-state index in [1.165, 1.54) is 11.3 Å². The van der Waals surface area contributed by atoms with Crippen LogP contribution in [0.25, 0.3) is 10.1 Å². The minimum atomic E-state index is -0.569. The molecule has 26 heavy (non-hydrogen) atoms. The van der Waals surface area contributed by atoms with E-state index in [-0.39, 0.29) is 12.5 Å². The van der Waals surface area contributed by atoms with E-state index in [0.29, 0.717) is 23.0 Å². The van der Waals surface area contributed by atoms with Gasteiger partial charge in [-0.05, 0) is 18.6 Å². The summed E-state index contributed by atoms with van der Waals surface area (Å²) in [6.07, 6.45) is 0. The number of hydrogen-bond acceptors (Lipinski definition) is 4. The van der Waals surface area contributed by atoms with Gasteiger partial charge in [-0.2, -0.15) is 0 Å². The predicted octanol–water partition coefficient (Wildman–Crippen LogP) is 4.76. The van der Waals surface area contributed by atoms with Crippen LogP contribution in [0.15, 0.2) is 54.6 Å². The fraction of sp³-hybridized carbons (Fsp3) is 0.200. The molecule has 0 saturated carbocycles. The third-order valence-electron chi connectivity index (χ3n) is 4.00. The maximum absolute atomic E-state index is 12.4. The highest BCUT2D eigenvalue weighted by atomic mass is 35.5. The molecular formula is C20H18ClNO3S. The van der Waals surface area contributed by atoms with E-state index in [9.17, 15) is 9.59 Å². The SMILES string of the molecule is CCN(Cc1ccccc1)C(=O)COC(=O)c1sc2ccccc2c1Cl. The third kappa shape index (κ3) is 4.06. The molecule has 0 unspecified atom stereocenters. The van der Waals surface area contributed by atoms with Crippen LogP contribution in [0.4, 0.5) is 0 Å². The summed E-state index contributed by atoms with van der Waals surface area (Å²) in [5.74, 6) is -0.803. The van der Waals surface area contributed by atoms with Crippen molar-refractivity contribution in [2.45, 2.75) is 13.5 Å². The zero-order valence-electron chi connectivity index (χ0n) is 14.3. The monoisotopic (exact) mass is 387 g/mol. The maximum Gasteiger partial charge on any atom is 0.350 e. The Kier molecular flexibility index (Phi) is 5.91. The number of esters is 1. The fourth-order valence-electron chi connectivity index (χ4n) is 2.61. The molecule has 0 bridgehead atoms. The van der Waals surface area contributed by atoms with Gasteiger partial charge in [0.15, 0.2) is 6.61 Å². The number of ether oxygens (including phenoxy) is 1. The summed E-state index contributed by atoms with van der Waals surface area (Å²) in [7, 11) is 0. The molecule has 0 aliphatic heterocycles. The summed E-state index contributed by atoms with van der Waals surface area (Å²) in [5, 5.41) is 1.19. The molecule has 4 nitrogen and oxygen atoms in total. The predicted molar refractivity (Wildman–Crippen MR) is 105 cm³/mol. The average Bonchev–Trinajstić information content (AvgIpc) is 3.02. The molecule has 0 N–H and O–H groups in total. The Labute approximate surface area is 160 Å². The molecule has 2 aromatic carbocycles. The van der Waals surface area contributed by atoms with E-state index in [1.807, 2.05) is 61.5 Å². The Morgan fingerprint density at radius 3 is 2.46 bits per heavy atom. The lowest BCUT2D eigenvalue weighted by Gasteiger charge is -2.20. The Balaban J connectivity index is 1.64. The lowest BCUT2D eigenvalue weighted by atomic mass is 10.2. The minimum Gasteiger partial charge on any atom is -0.451 e. The second-order valence-electron chi connectivity index (χ2n) is 5.71. The zero-order valence-corrected chi connectivity index (χ0v) is 15.8. The third-order valence-corrected chi connectivity index (χ3v) is 5.65. The first kappa shape index (κ1) is 18.4. The normalized spacial score (nSPS) is 10.7. The Bertz CT molecular complexity index is 923. The van der Waals surface area contributed by atoms with Crippen molar-refractivity contribution < 1.29 is 14.3 Å². The van der Waals surface area contributed by atoms with Crippen molar-refractivity contribution in [1.29, 1.82) is 0 Å². The number of nitrogens with zero attached hydrogens (tertiary/aromatic N) is 1. The van der Waals surface area contributed by atoms with Crippen LogP contribution in [0.3, 0.4) is 0 Å². The van der Waals surface area contributed by atoms with E-state index in [2.05, 4.69) is 0 Å². The van der Waals surface area contributed by atoms with Gasteiger partial charge in [-0.25, -0.2) is 4.79 Å². The number of carbonyl (C=O) groups is 2. The lowest BCUT2D eigenvalue weighted by molar-refractivity contribution is -0.134. The average molecular weight is 388 g/mol. The van der Waals surface area contributed by atoms with Crippen molar-refractivity contribution in [2.24, 2.45) is 0 Å². The van der Waals surface area contributed by atoms with E-state index < -0.39 is 5.97 Å². The van der Waals surface area contributed by atoms with Gasteiger partial charge in [0.05, 0.1) is 5.02 Å². The van der Waals surface area contributed by atoms with E-state index >= 15 is 0 Å². The molecule has 134 valence electrons. The summed E-state index contributed by atoms with van der Waals surface area (Å²) in [4.78, 5) is 26.7. The van der Waals surface area contributed by atoms with Crippen LogP contribution in [0.1, 0.15) is 22.2 Å². The van der Waals surface area contributed by atoms with Crippen LogP contribution in [0.5, 0.6) is 0 Å². The first-order valence-electron chi connectivity index (χ1n) is 8.26. The van der Waals surface area contributed by atoms with E-state index in [4.69, 9.17) is 16.3 Å². The first-order valence-corrected chi connectivity index (χ1v) is 9.45. The molecule has 1 amide bonds. The van der Waals surface area contributed by atoms with Crippen molar-refractivity contribution in [2.75, 3.05) is 13.2 Å². The molecule has 1 aromatic heterocycles. The summed E-state index contributed by atoms with van der Waals surface area (Å²) in [5.41, 5.74) is 1.03. The van der Waals surface area contributed by atoms with Crippen LogP contribution in [0.2, 0.25) is 5.02 Å². The molecule has 0 aliphatic carbocycles. The van der Waals surface area contributed by atoms with Gasteiger partial charge in [-0.15, -0.1) is 11.3 Å². The second kappa shape index (κ2) is 8.34. The van der Waals surface area contributed by atoms with Crippen molar-refractivity contribution in [3.63, 3.8) is 0 Å². The molecule has 0 saturated heterocycles. The number of fused-ring (bicyclic) bond motifs is 1. The zero-order chi connectivity index (χ0) is 18.5. The Morgan fingerprint density at radius 1 is 1.08 bits per heavy atom. The first-order chi connectivity index (χ1) is 12.6. The summed E-state index contributed by atoms with van der Waals surface area (Å²) in [6, 6.07) is 17.2. The van der Waals surface area contributed by atoms with Crippen molar-refractivity contribution >= 4 is 44.9 Å². The number of rotatable bonds is 6. The Hall–Kier alpha value is -2.37. The highest BCUT2D eigenvalue weighted by Gasteiger charge is 2.20. The Morgan fingerprint density at radius 2 is 1.77 bits per heavy atom. The van der Waals surface area contributed by atoms with Gasteiger partial charge < -0.3 is 9.64 Å². The minimum absolute atomic E-state index is 0.234. The number of thiophene rings is 1. The van der Waals surface area contributed by atoms with Crippen molar-refractivity contribution in [3.05, 3.63) is 70.1 Å². The molecule has 3 rings (SSSR count). The van der Waals surface area contributed by atoms with Crippen LogP contribution in [0, 0.1) is 0 Å². The van der Waals surface area contributed by atoms with Gasteiger partial charge in [0.25, 0.3) is 5.91 Å². The van der Waals surface area contributed by atoms with Gasteiger partial charge in [0.1, 0.15) is 4.88 Å². The lowest BCUT2D eigenvalue weighted by Crippen LogP contribution is -2.34. The highest BCUT2D eigenvalue weighted by molar-refractivity contribution is 7.21. The number of likely N-dealkylation sites (N-methyl/N-ethyl adjacent to an activating group) is 1. The van der Waals surface area contributed by atoms with Crippen molar-refractivity contribution in [1.82, 2.24) is 4.90 Å². The fourth-order valence-corrected chi connectivity index (χ4v) is 4.01. The van der Waals surface area contributed by atoms with E-state index in [1.54, 1.807) is 4.90 Å².